The van der Waals surface area contributed by atoms with Crippen LogP contribution in [0.5, 0.6) is 0 Å². The minimum absolute atomic E-state index is 0.0333. The molecule has 0 saturated heterocycles. The third-order valence-electron chi connectivity index (χ3n) is 15.0. The van der Waals surface area contributed by atoms with E-state index in [-0.39, 0.29) is 60.4 Å². The van der Waals surface area contributed by atoms with Crippen molar-refractivity contribution in [3.63, 3.8) is 0 Å². The largest absolute Gasteiger partial charge is 0.459 e. The van der Waals surface area contributed by atoms with Gasteiger partial charge >= 0.3 is 18.0 Å². The molecule has 8 rings (SSSR count). The van der Waals surface area contributed by atoms with Crippen LogP contribution in [-0.4, -0.2) is 159 Å². The molecule has 4 aromatic rings. The predicted molar refractivity (Wildman–Crippen MR) is 312 cm³/mol. The minimum atomic E-state index is -2.35. The molecule has 0 fully saturated rings. The number of pyridine rings is 2. The summed E-state index contributed by atoms with van der Waals surface area (Å²) in [6.45, 7) is 8.88. The van der Waals surface area contributed by atoms with E-state index >= 15 is 4.39 Å². The molecule has 27 nitrogen and oxygen atoms in total. The van der Waals surface area contributed by atoms with E-state index in [0.29, 0.717) is 44.5 Å². The average Bonchev–Trinajstić information content (AvgIpc) is 2.03. The highest BCUT2D eigenvalue weighted by atomic mass is 19.1. The first kappa shape index (κ1) is 64.0. The van der Waals surface area contributed by atoms with Gasteiger partial charge in [-0.05, 0) is 103 Å². The molecule has 2 aromatic heterocycles. The molecule has 0 spiro atoms. The van der Waals surface area contributed by atoms with Gasteiger partial charge in [0, 0.05) is 41.2 Å². The van der Waals surface area contributed by atoms with Crippen LogP contribution >= 0.6 is 0 Å². The van der Waals surface area contributed by atoms with Crippen molar-refractivity contribution in [3.05, 3.63) is 110 Å². The van der Waals surface area contributed by atoms with E-state index < -0.39 is 157 Å². The summed E-state index contributed by atoms with van der Waals surface area (Å²) in [5, 5.41) is 26.7. The molecule has 5 heterocycles. The lowest BCUT2D eigenvalue weighted by molar-refractivity contribution is -0.172. The number of benzene rings is 2. The number of hydrogen-bond acceptors (Lipinski definition) is 18. The Balaban J connectivity index is 0.862. The summed E-state index contributed by atoms with van der Waals surface area (Å²) in [6, 6.07) is 7.27. The second-order valence-corrected chi connectivity index (χ2v) is 23.7. The zero-order chi connectivity index (χ0) is 65.9. The number of amides is 9. The van der Waals surface area contributed by atoms with Crippen LogP contribution in [-0.2, 0) is 98.5 Å². The zero-order valence-electron chi connectivity index (χ0n) is 51.6. The Morgan fingerprint density at radius 1 is 0.854 bits per heavy atom. The molecule has 7 N–H and O–H groups in total. The van der Waals surface area contributed by atoms with Crippen molar-refractivity contribution in [2.24, 2.45) is 0 Å². The molecule has 4 aliphatic rings. The van der Waals surface area contributed by atoms with Crippen LogP contribution in [0.1, 0.15) is 115 Å². The fourth-order valence-corrected chi connectivity index (χ4v) is 10.7. The van der Waals surface area contributed by atoms with Crippen LogP contribution in [0.25, 0.3) is 22.3 Å². The zero-order valence-corrected chi connectivity index (χ0v) is 50.6. The summed E-state index contributed by atoms with van der Waals surface area (Å²) in [4.78, 5) is 166. The summed E-state index contributed by atoms with van der Waals surface area (Å²) in [7, 11) is 0. The van der Waals surface area contributed by atoms with Crippen LogP contribution in [0, 0.1) is 12.7 Å². The average molecular weight is 1240 g/mol. The van der Waals surface area contributed by atoms with E-state index in [2.05, 4.69) is 31.9 Å². The molecule has 2 aromatic carbocycles. The molecule has 1 aliphatic carbocycles. The van der Waals surface area contributed by atoms with Crippen molar-refractivity contribution in [1.29, 1.82) is 0 Å². The smallest absolute Gasteiger partial charge is 0.410 e. The predicted octanol–water partition coefficient (Wildman–Crippen LogP) is 1.06. The third-order valence-corrected chi connectivity index (χ3v) is 15.0. The first-order valence-electron chi connectivity index (χ1n) is 29.1. The normalized spacial score (nSPS) is 18.0. The van der Waals surface area contributed by atoms with Gasteiger partial charge in [0.1, 0.15) is 55.1 Å². The van der Waals surface area contributed by atoms with Gasteiger partial charge in [0.2, 0.25) is 35.4 Å². The van der Waals surface area contributed by atoms with Gasteiger partial charge in [-0.15, -0.1) is 0 Å². The first-order chi connectivity index (χ1) is 42.2. The molecule has 9 amide bonds. The van der Waals surface area contributed by atoms with Crippen LogP contribution in [0.4, 0.5) is 9.18 Å². The van der Waals surface area contributed by atoms with E-state index in [1.165, 1.54) is 16.7 Å². The summed E-state index contributed by atoms with van der Waals surface area (Å²) >= 11 is 0. The fraction of sp³-hybridized carbons (Fsp3) is 0.459. The van der Waals surface area contributed by atoms with Gasteiger partial charge in [-0.25, -0.2) is 19.0 Å². The molecule has 5 atom stereocenters. The highest BCUT2D eigenvalue weighted by Crippen LogP contribution is 2.46. The third kappa shape index (κ3) is 14.9. The number of aromatic nitrogens is 2. The summed E-state index contributed by atoms with van der Waals surface area (Å²) in [6.07, 6.45) is -1.31. The minimum Gasteiger partial charge on any atom is -0.459 e. The van der Waals surface area contributed by atoms with Gasteiger partial charge < -0.3 is 60.5 Å². The van der Waals surface area contributed by atoms with Gasteiger partial charge in [0.05, 0.1) is 62.6 Å². The second kappa shape index (κ2) is 26.5. The number of cyclic esters (lactones) is 1. The number of aryl methyl sites for hydroxylation is 1. The Morgan fingerprint density at radius 2 is 1.49 bits per heavy atom. The van der Waals surface area contributed by atoms with Gasteiger partial charge in [0.25, 0.3) is 17.4 Å². The van der Waals surface area contributed by atoms with E-state index in [1.807, 2.05) is 0 Å². The van der Waals surface area contributed by atoms with Crippen LogP contribution < -0.4 is 37.5 Å². The number of imide groups is 1. The molecular formula is C61H71FN10O17. The highest BCUT2D eigenvalue weighted by Gasteiger charge is 2.46. The van der Waals surface area contributed by atoms with Crippen molar-refractivity contribution >= 4 is 76.2 Å². The Kier molecular flexibility index (Phi) is 19.1. The summed E-state index contributed by atoms with van der Waals surface area (Å²) in [5.41, 5.74) is -1.10. The van der Waals surface area contributed by atoms with Gasteiger partial charge in [-0.3, -0.25) is 57.7 Å². The number of nitrogens with one attached hydrogen (secondary N) is 6. The van der Waals surface area contributed by atoms with Gasteiger partial charge in [0.15, 0.2) is 5.60 Å². The summed E-state index contributed by atoms with van der Waals surface area (Å²) in [5.74, 6) is -9.73. The highest BCUT2D eigenvalue weighted by molar-refractivity contribution is 6.15. The lowest BCUT2D eigenvalue weighted by Gasteiger charge is -2.32. The van der Waals surface area contributed by atoms with E-state index in [0.717, 1.165) is 24.0 Å². The maximum atomic E-state index is 15.5. The maximum absolute atomic E-state index is 15.5. The van der Waals surface area contributed by atoms with Crippen molar-refractivity contribution in [3.8, 4) is 11.4 Å². The van der Waals surface area contributed by atoms with E-state index in [1.54, 1.807) is 85.7 Å². The number of carbonyl (C=O) groups excluding carboxylic acids is 11. The van der Waals surface area contributed by atoms with E-state index in [9.17, 15) is 62.6 Å². The number of esters is 2. The quantitative estimate of drug-likeness (QED) is 0.0220. The number of rotatable bonds is 22. The number of ether oxygens (including phenoxy) is 4. The standard InChI is InChI=1S/C61H71FN10O17/c1-10-61(85)37-21-42-52-35(26-71(42)56(82)36(37)29-86-57(61)83)51-39(17-16-34-31(2)38(62)22-40(68-52)50(34)51)69-53(79)32(3)87-30-66-45(74)24-64-54(80)41(20-33-14-12-11-13-15-33)67-46(75)25-63-44(73)23-65-55(81)43(72-47(76)18-19-48(72)77)27-70(58(84)89-60(7,8)9)28-49(78)88-59(4,5)6/h11-15,18-19,21-22,32,39,41,43,85H,10,16-17,20,23-30H2,1-9H3,(H,63,73)(H,64,80)(H,65,81)(H,66,74)(H,67,75)(H,69,79)/t32?,39-,41-,43?,61-/m0/s1/i32D. The van der Waals surface area contributed by atoms with Gasteiger partial charge in [-0.2, -0.15) is 0 Å². The van der Waals surface area contributed by atoms with Crippen molar-refractivity contribution in [2.75, 3.05) is 39.5 Å². The number of halogens is 1. The number of hydrogen-bond donors (Lipinski definition) is 7. The molecule has 0 saturated carbocycles. The molecule has 89 heavy (non-hydrogen) atoms. The van der Waals surface area contributed by atoms with Crippen LogP contribution in [0.15, 0.2) is 59.4 Å². The lowest BCUT2D eigenvalue weighted by atomic mass is 9.81. The molecule has 474 valence electrons. The summed E-state index contributed by atoms with van der Waals surface area (Å²) < 4.78 is 47.4. The number of fused-ring (bicyclic) bond motifs is 5. The number of nitrogens with zero attached hydrogens (tertiary/aromatic N) is 4. The van der Waals surface area contributed by atoms with Crippen molar-refractivity contribution in [1.82, 2.24) is 51.3 Å². The SMILES string of the molecule is [2H]C(C)(OCNC(=O)CNC(=O)[C@H](Cc1ccccc1)NC(=O)CNC(=O)CNC(=O)C(CN(CC(=O)OC(C)(C)C)C(=O)OC(C)(C)C)N1C(=O)C=CC1=O)C(=O)N[C@H]1CCc2c(C)c(F)cc3nc4c(c1c23)Cn1c-4cc2c(c1=O)COC(=O)[C@]2(O)CC. The topological polar surface area (TPSA) is 358 Å². The van der Waals surface area contributed by atoms with Crippen molar-refractivity contribution in [2.45, 2.75) is 142 Å². The van der Waals surface area contributed by atoms with Crippen molar-refractivity contribution < 1.29 is 82.6 Å². The van der Waals surface area contributed by atoms with Gasteiger partial charge in [-0.1, -0.05) is 37.3 Å². The second-order valence-electron chi connectivity index (χ2n) is 23.7. The molecule has 3 aliphatic heterocycles. The first-order valence-corrected chi connectivity index (χ1v) is 28.6. The Bertz CT molecular complexity index is 3710. The molecule has 0 radical (unpaired) electrons. The lowest BCUT2D eigenvalue weighted by Crippen LogP contribution is -2.57. The van der Waals surface area contributed by atoms with E-state index in [4.69, 9.17) is 25.3 Å². The monoisotopic (exact) mass is 1240 g/mol. The Labute approximate surface area is 511 Å². The fourth-order valence-electron chi connectivity index (χ4n) is 10.7. The maximum Gasteiger partial charge on any atom is 0.410 e. The number of carbonyl (C=O) groups is 11. The number of aliphatic hydroxyl groups is 1. The van der Waals surface area contributed by atoms with Crippen LogP contribution in [0.3, 0.4) is 0 Å². The molecule has 2 unspecified atom stereocenters. The Hall–Kier alpha value is -9.44. The Morgan fingerprint density at radius 3 is 2.15 bits per heavy atom. The molecule has 0 bridgehead atoms. The molecular weight excluding hydrogens is 1160 g/mol. The van der Waals surface area contributed by atoms with Crippen LogP contribution in [0.2, 0.25) is 0 Å². The molecule has 28 heteroatoms.